The van der Waals surface area contributed by atoms with E-state index in [1.54, 1.807) is 6.20 Å². The van der Waals surface area contributed by atoms with Crippen molar-refractivity contribution in [2.24, 2.45) is 0 Å². The smallest absolute Gasteiger partial charge is 0.163 e. The van der Waals surface area contributed by atoms with Crippen molar-refractivity contribution in [3.63, 3.8) is 0 Å². The number of fused-ring (bicyclic) bond motifs is 1. The summed E-state index contributed by atoms with van der Waals surface area (Å²) in [5.41, 5.74) is 8.68. The summed E-state index contributed by atoms with van der Waals surface area (Å²) in [6.07, 6.45) is 1.79. The number of rotatable bonds is 3. The number of benzene rings is 1. The lowest BCUT2D eigenvalue weighted by molar-refractivity contribution is 0.172. The second-order valence-corrected chi connectivity index (χ2v) is 4.73. The van der Waals surface area contributed by atoms with E-state index in [9.17, 15) is 0 Å². The molecular formula is C15H17N3O2. The fraction of sp³-hybridized carbons (Fsp3) is 0.267. The molecule has 2 heterocycles. The number of hydrogen-bond acceptors (Lipinski definition) is 5. The molecule has 0 unspecified atom stereocenters. The molecule has 104 valence electrons. The highest BCUT2D eigenvalue weighted by atomic mass is 16.6. The molecule has 1 aliphatic heterocycles. The number of nitrogen functional groups attached to an aromatic ring is 1. The molecule has 0 atom stereocenters. The van der Waals surface area contributed by atoms with Gasteiger partial charge >= 0.3 is 0 Å². The molecule has 2 N–H and O–H groups in total. The van der Waals surface area contributed by atoms with Crippen LogP contribution in [0.25, 0.3) is 0 Å². The van der Waals surface area contributed by atoms with E-state index >= 15 is 0 Å². The van der Waals surface area contributed by atoms with E-state index in [0.717, 1.165) is 17.1 Å². The fourth-order valence-corrected chi connectivity index (χ4v) is 2.24. The molecule has 0 amide bonds. The molecule has 1 aliphatic rings. The molecule has 2 aromatic rings. The molecule has 1 aromatic carbocycles. The maximum Gasteiger partial charge on any atom is 0.163 e. The summed E-state index contributed by atoms with van der Waals surface area (Å²) >= 11 is 0. The zero-order valence-corrected chi connectivity index (χ0v) is 11.4. The van der Waals surface area contributed by atoms with E-state index in [4.69, 9.17) is 15.2 Å². The first-order chi connectivity index (χ1) is 9.74. The number of aromatic nitrogens is 1. The SMILES string of the molecule is CN(Cc1ccccn1)c1cc2c(cc1N)OCCO2. The Labute approximate surface area is 117 Å². The molecule has 0 fully saturated rings. The van der Waals surface area contributed by atoms with Crippen molar-refractivity contribution in [1.29, 1.82) is 0 Å². The zero-order chi connectivity index (χ0) is 13.9. The molecule has 5 nitrogen and oxygen atoms in total. The number of hydrogen-bond donors (Lipinski definition) is 1. The van der Waals surface area contributed by atoms with Gasteiger partial charge < -0.3 is 20.1 Å². The fourth-order valence-electron chi connectivity index (χ4n) is 2.24. The molecule has 5 heteroatoms. The van der Waals surface area contributed by atoms with Gasteiger partial charge in [0.05, 0.1) is 23.6 Å². The van der Waals surface area contributed by atoms with Crippen molar-refractivity contribution in [1.82, 2.24) is 4.98 Å². The van der Waals surface area contributed by atoms with Crippen molar-refractivity contribution >= 4 is 11.4 Å². The highest BCUT2D eigenvalue weighted by molar-refractivity contribution is 5.73. The summed E-state index contributed by atoms with van der Waals surface area (Å²) in [5.74, 6) is 1.46. The Morgan fingerprint density at radius 2 is 1.95 bits per heavy atom. The van der Waals surface area contributed by atoms with Gasteiger partial charge in [0, 0.05) is 25.4 Å². The third-order valence-electron chi connectivity index (χ3n) is 3.23. The van der Waals surface area contributed by atoms with Crippen LogP contribution in [0.4, 0.5) is 11.4 Å². The minimum atomic E-state index is 0.565. The molecule has 0 aliphatic carbocycles. The number of ether oxygens (including phenoxy) is 2. The molecule has 20 heavy (non-hydrogen) atoms. The minimum absolute atomic E-state index is 0.565. The Morgan fingerprint density at radius 1 is 1.20 bits per heavy atom. The number of pyridine rings is 1. The van der Waals surface area contributed by atoms with E-state index < -0.39 is 0 Å². The first kappa shape index (κ1) is 12.6. The number of nitrogens with two attached hydrogens (primary N) is 1. The van der Waals surface area contributed by atoms with Gasteiger partial charge in [-0.3, -0.25) is 4.98 Å². The third-order valence-corrected chi connectivity index (χ3v) is 3.23. The highest BCUT2D eigenvalue weighted by Gasteiger charge is 2.16. The van der Waals surface area contributed by atoms with Crippen molar-refractivity contribution in [2.45, 2.75) is 6.54 Å². The minimum Gasteiger partial charge on any atom is -0.486 e. The standard InChI is InChI=1S/C15H17N3O2/c1-18(10-11-4-2-3-5-17-11)13-9-15-14(8-12(13)16)19-6-7-20-15/h2-5,8-9H,6-7,10,16H2,1H3. The summed E-state index contributed by atoms with van der Waals surface area (Å²) in [4.78, 5) is 6.37. The molecule has 0 radical (unpaired) electrons. The average molecular weight is 271 g/mol. The second-order valence-electron chi connectivity index (χ2n) is 4.73. The van der Waals surface area contributed by atoms with Crippen molar-refractivity contribution in [3.05, 3.63) is 42.2 Å². The lowest BCUT2D eigenvalue weighted by atomic mass is 10.2. The quantitative estimate of drug-likeness (QED) is 0.866. The Balaban J connectivity index is 1.86. The van der Waals surface area contributed by atoms with Crippen LogP contribution >= 0.6 is 0 Å². The second kappa shape index (κ2) is 5.28. The van der Waals surface area contributed by atoms with Crippen LogP contribution in [0.3, 0.4) is 0 Å². The van der Waals surface area contributed by atoms with Gasteiger partial charge in [0.25, 0.3) is 0 Å². The molecule has 0 bridgehead atoms. The molecule has 3 rings (SSSR count). The Kier molecular flexibility index (Phi) is 3.33. The summed E-state index contributed by atoms with van der Waals surface area (Å²) in [6.45, 7) is 1.82. The van der Waals surface area contributed by atoms with Crippen LogP contribution in [0.15, 0.2) is 36.5 Å². The van der Waals surface area contributed by atoms with E-state index in [1.165, 1.54) is 0 Å². The predicted octanol–water partition coefficient (Wildman–Crippen LogP) is 2.07. The van der Waals surface area contributed by atoms with Gasteiger partial charge in [0.15, 0.2) is 11.5 Å². The zero-order valence-electron chi connectivity index (χ0n) is 11.4. The monoisotopic (exact) mass is 271 g/mol. The van der Waals surface area contributed by atoms with Crippen LogP contribution in [-0.4, -0.2) is 25.2 Å². The van der Waals surface area contributed by atoms with E-state index in [1.807, 2.05) is 37.4 Å². The molecule has 1 aromatic heterocycles. The van der Waals surface area contributed by atoms with Crippen LogP contribution < -0.4 is 20.1 Å². The predicted molar refractivity (Wildman–Crippen MR) is 78.2 cm³/mol. The molecule has 0 saturated heterocycles. The van der Waals surface area contributed by atoms with Gasteiger partial charge in [-0.05, 0) is 12.1 Å². The first-order valence-electron chi connectivity index (χ1n) is 6.54. The van der Waals surface area contributed by atoms with Crippen molar-refractivity contribution in [3.8, 4) is 11.5 Å². The maximum absolute atomic E-state index is 6.10. The van der Waals surface area contributed by atoms with Crippen molar-refractivity contribution < 1.29 is 9.47 Å². The van der Waals surface area contributed by atoms with Crippen molar-refractivity contribution in [2.75, 3.05) is 30.9 Å². The summed E-state index contributed by atoms with van der Waals surface area (Å²) < 4.78 is 11.1. The molecular weight excluding hydrogens is 254 g/mol. The highest BCUT2D eigenvalue weighted by Crippen LogP contribution is 2.38. The van der Waals surface area contributed by atoms with E-state index in [0.29, 0.717) is 31.2 Å². The Hall–Kier alpha value is -2.43. The first-order valence-corrected chi connectivity index (χ1v) is 6.54. The lowest BCUT2D eigenvalue weighted by Gasteiger charge is -2.25. The summed E-state index contributed by atoms with van der Waals surface area (Å²) in [7, 11) is 1.98. The Morgan fingerprint density at radius 3 is 2.65 bits per heavy atom. The van der Waals surface area contributed by atoms with Gasteiger partial charge in [0.1, 0.15) is 13.2 Å². The van der Waals surface area contributed by atoms with Gasteiger partial charge in [-0.1, -0.05) is 6.07 Å². The van der Waals surface area contributed by atoms with Gasteiger partial charge in [-0.25, -0.2) is 0 Å². The summed E-state index contributed by atoms with van der Waals surface area (Å²) in [5, 5.41) is 0. The largest absolute Gasteiger partial charge is 0.486 e. The molecule has 0 spiro atoms. The average Bonchev–Trinajstić information content (AvgIpc) is 2.47. The van der Waals surface area contributed by atoms with E-state index in [-0.39, 0.29) is 0 Å². The van der Waals surface area contributed by atoms with Crippen LogP contribution in [0.1, 0.15) is 5.69 Å². The topological polar surface area (TPSA) is 60.6 Å². The Bertz CT molecular complexity index is 602. The lowest BCUT2D eigenvalue weighted by Crippen LogP contribution is -2.20. The number of anilines is 2. The van der Waals surface area contributed by atoms with E-state index in [2.05, 4.69) is 9.88 Å². The maximum atomic E-state index is 6.10. The van der Waals surface area contributed by atoms with Gasteiger partial charge in [-0.15, -0.1) is 0 Å². The van der Waals surface area contributed by atoms with Crippen LogP contribution in [-0.2, 0) is 6.54 Å². The normalized spacial score (nSPS) is 13.1. The van der Waals surface area contributed by atoms with Crippen LogP contribution in [0.2, 0.25) is 0 Å². The van der Waals surface area contributed by atoms with Gasteiger partial charge in [0.2, 0.25) is 0 Å². The summed E-state index contributed by atoms with van der Waals surface area (Å²) in [6, 6.07) is 9.61. The number of nitrogens with zero attached hydrogens (tertiary/aromatic N) is 2. The molecule has 0 saturated carbocycles. The van der Waals surface area contributed by atoms with Crippen LogP contribution in [0.5, 0.6) is 11.5 Å². The van der Waals surface area contributed by atoms with Crippen LogP contribution in [0, 0.1) is 0 Å². The van der Waals surface area contributed by atoms with Gasteiger partial charge in [-0.2, -0.15) is 0 Å². The third kappa shape index (κ3) is 2.47.